The van der Waals surface area contributed by atoms with E-state index < -0.39 is 12.0 Å². The number of phenolic OH excluding ortho intramolecular Hbond substituents is 1. The standard InChI is InChI=1S/C21H26N2O4/c1-27-21(26)19-15-9-17-20-14(13-4-3-12(24)8-16(13)22-20)6-7-23(17)10-11(15)2-5-18(19)25/h3-4,8,11,15,17-19,22,24-25H,2,5-7,9-10H2,1H3/t11-,15+,17+,18?,19?/m0/s1. The molecule has 3 aliphatic rings. The Morgan fingerprint density at radius 2 is 2.19 bits per heavy atom. The van der Waals surface area contributed by atoms with Crippen LogP contribution in [0.3, 0.4) is 0 Å². The Hall–Kier alpha value is -2.05. The molecule has 27 heavy (non-hydrogen) atoms. The average Bonchev–Trinajstić information content (AvgIpc) is 3.04. The van der Waals surface area contributed by atoms with E-state index in [0.29, 0.717) is 12.3 Å². The summed E-state index contributed by atoms with van der Waals surface area (Å²) in [6.07, 6.45) is 2.89. The van der Waals surface area contributed by atoms with Gasteiger partial charge in [0.2, 0.25) is 0 Å². The third-order valence-electron chi connectivity index (χ3n) is 7.10. The Labute approximate surface area is 158 Å². The zero-order valence-electron chi connectivity index (χ0n) is 15.5. The van der Waals surface area contributed by atoms with Crippen molar-refractivity contribution in [2.75, 3.05) is 20.2 Å². The van der Waals surface area contributed by atoms with Crippen LogP contribution < -0.4 is 0 Å². The summed E-state index contributed by atoms with van der Waals surface area (Å²) in [4.78, 5) is 18.5. The first-order chi connectivity index (χ1) is 13.1. The van der Waals surface area contributed by atoms with Gasteiger partial charge in [0.15, 0.2) is 0 Å². The quantitative estimate of drug-likeness (QED) is 0.671. The van der Waals surface area contributed by atoms with Gasteiger partial charge in [-0.3, -0.25) is 9.69 Å². The number of aliphatic hydroxyl groups is 1. The predicted octanol–water partition coefficient (Wildman–Crippen LogP) is 2.35. The van der Waals surface area contributed by atoms with Crippen LogP contribution in [0.25, 0.3) is 10.9 Å². The number of phenols is 1. The fraction of sp³-hybridized carbons (Fsp3) is 0.571. The summed E-state index contributed by atoms with van der Waals surface area (Å²) in [5.74, 6) is 0.151. The van der Waals surface area contributed by atoms with Crippen molar-refractivity contribution in [2.45, 2.75) is 37.8 Å². The molecule has 1 saturated carbocycles. The van der Waals surface area contributed by atoms with Crippen molar-refractivity contribution in [2.24, 2.45) is 17.8 Å². The van der Waals surface area contributed by atoms with Crippen LogP contribution in [0.5, 0.6) is 5.75 Å². The molecule has 2 unspecified atom stereocenters. The van der Waals surface area contributed by atoms with Gasteiger partial charge in [0.1, 0.15) is 5.75 Å². The van der Waals surface area contributed by atoms with Crippen molar-refractivity contribution >= 4 is 16.9 Å². The molecule has 0 amide bonds. The molecule has 1 aliphatic carbocycles. The number of methoxy groups -OCH3 is 1. The number of benzene rings is 1. The molecule has 3 N–H and O–H groups in total. The summed E-state index contributed by atoms with van der Waals surface area (Å²) in [6, 6.07) is 5.74. The van der Waals surface area contributed by atoms with Crippen LogP contribution in [0.4, 0.5) is 0 Å². The predicted molar refractivity (Wildman–Crippen MR) is 100 cm³/mol. The van der Waals surface area contributed by atoms with Gasteiger partial charge < -0.3 is 19.9 Å². The lowest BCUT2D eigenvalue weighted by molar-refractivity contribution is -0.160. The molecular formula is C21H26N2O4. The maximum Gasteiger partial charge on any atom is 0.311 e. The number of ether oxygens (including phenoxy) is 1. The highest BCUT2D eigenvalue weighted by Gasteiger charge is 2.49. The summed E-state index contributed by atoms with van der Waals surface area (Å²) >= 11 is 0. The molecular weight excluding hydrogens is 344 g/mol. The van der Waals surface area contributed by atoms with Crippen molar-refractivity contribution in [1.29, 1.82) is 0 Å². The number of H-pyrrole nitrogens is 1. The number of hydrogen-bond donors (Lipinski definition) is 3. The monoisotopic (exact) mass is 370 g/mol. The molecule has 2 aliphatic heterocycles. The lowest BCUT2D eigenvalue weighted by Crippen LogP contribution is -2.53. The third kappa shape index (κ3) is 2.57. The maximum atomic E-state index is 12.4. The number of aliphatic hydroxyl groups excluding tert-OH is 1. The molecule has 2 aromatic rings. The van der Waals surface area contributed by atoms with Gasteiger partial charge in [-0.2, -0.15) is 0 Å². The van der Waals surface area contributed by atoms with Crippen LogP contribution in [0, 0.1) is 17.8 Å². The molecule has 1 aromatic carbocycles. The second-order valence-electron chi connectivity index (χ2n) is 8.36. The molecule has 3 heterocycles. The molecule has 0 spiro atoms. The number of esters is 1. The molecule has 5 rings (SSSR count). The smallest absolute Gasteiger partial charge is 0.311 e. The Morgan fingerprint density at radius 3 is 3.00 bits per heavy atom. The lowest BCUT2D eigenvalue weighted by atomic mass is 9.65. The highest BCUT2D eigenvalue weighted by molar-refractivity contribution is 5.86. The molecule has 6 heteroatoms. The van der Waals surface area contributed by atoms with Crippen molar-refractivity contribution in [3.63, 3.8) is 0 Å². The van der Waals surface area contributed by atoms with E-state index >= 15 is 0 Å². The zero-order valence-corrected chi connectivity index (χ0v) is 15.5. The molecule has 0 radical (unpaired) electrons. The topological polar surface area (TPSA) is 85.8 Å². The molecule has 0 bridgehead atoms. The van der Waals surface area contributed by atoms with Crippen molar-refractivity contribution in [3.05, 3.63) is 29.5 Å². The van der Waals surface area contributed by atoms with E-state index in [1.165, 1.54) is 23.8 Å². The Kier molecular flexibility index (Phi) is 3.95. The first kappa shape index (κ1) is 17.1. The molecule has 1 saturated heterocycles. The minimum absolute atomic E-state index is 0.146. The van der Waals surface area contributed by atoms with E-state index in [-0.39, 0.29) is 23.7 Å². The number of rotatable bonds is 1. The summed E-state index contributed by atoms with van der Waals surface area (Å²) in [5.41, 5.74) is 3.51. The number of nitrogens with one attached hydrogen (secondary N) is 1. The number of nitrogens with zero attached hydrogens (tertiary/aromatic N) is 1. The van der Waals surface area contributed by atoms with Crippen molar-refractivity contribution < 1.29 is 19.7 Å². The van der Waals surface area contributed by atoms with Crippen molar-refractivity contribution in [3.8, 4) is 5.75 Å². The number of fused-ring (bicyclic) bond motifs is 6. The normalized spacial score (nSPS) is 33.2. The van der Waals surface area contributed by atoms with E-state index in [0.717, 1.165) is 37.9 Å². The summed E-state index contributed by atoms with van der Waals surface area (Å²) in [7, 11) is 1.41. The fourth-order valence-corrected chi connectivity index (χ4v) is 5.85. The largest absolute Gasteiger partial charge is 0.508 e. The van der Waals surface area contributed by atoms with Crippen LogP contribution >= 0.6 is 0 Å². The summed E-state index contributed by atoms with van der Waals surface area (Å²) in [5, 5.41) is 21.5. The van der Waals surface area contributed by atoms with Gasteiger partial charge in [0, 0.05) is 35.8 Å². The van der Waals surface area contributed by atoms with Crippen LogP contribution in [0.2, 0.25) is 0 Å². The van der Waals surface area contributed by atoms with Crippen LogP contribution in [0.1, 0.15) is 36.6 Å². The Balaban J connectivity index is 1.53. The summed E-state index contributed by atoms with van der Waals surface area (Å²) < 4.78 is 5.03. The number of carbonyl (C=O) groups is 1. The number of carbonyl (C=O) groups excluding carboxylic acids is 1. The van der Waals surface area contributed by atoms with E-state index in [4.69, 9.17) is 4.74 Å². The van der Waals surface area contributed by atoms with Gasteiger partial charge >= 0.3 is 5.97 Å². The minimum Gasteiger partial charge on any atom is -0.508 e. The highest BCUT2D eigenvalue weighted by Crippen LogP contribution is 2.49. The van der Waals surface area contributed by atoms with Gasteiger partial charge in [0.25, 0.3) is 0 Å². The number of hydrogen-bond acceptors (Lipinski definition) is 5. The Morgan fingerprint density at radius 1 is 1.33 bits per heavy atom. The summed E-state index contributed by atoms with van der Waals surface area (Å²) in [6.45, 7) is 1.98. The van der Waals surface area contributed by atoms with Gasteiger partial charge in [-0.05, 0) is 55.2 Å². The van der Waals surface area contributed by atoms with Crippen LogP contribution in [0.15, 0.2) is 18.2 Å². The van der Waals surface area contributed by atoms with Gasteiger partial charge in [-0.25, -0.2) is 0 Å². The second kappa shape index (κ2) is 6.24. The molecule has 5 atom stereocenters. The van der Waals surface area contributed by atoms with Crippen LogP contribution in [-0.2, 0) is 16.0 Å². The van der Waals surface area contributed by atoms with Crippen molar-refractivity contribution in [1.82, 2.24) is 9.88 Å². The van der Waals surface area contributed by atoms with E-state index in [1.807, 2.05) is 6.07 Å². The van der Waals surface area contributed by atoms with Gasteiger partial charge in [0.05, 0.1) is 25.2 Å². The Bertz CT molecular complexity index is 892. The highest BCUT2D eigenvalue weighted by atomic mass is 16.5. The second-order valence-corrected chi connectivity index (χ2v) is 8.36. The van der Waals surface area contributed by atoms with E-state index in [9.17, 15) is 15.0 Å². The fourth-order valence-electron chi connectivity index (χ4n) is 5.85. The molecule has 6 nitrogen and oxygen atoms in total. The van der Waals surface area contributed by atoms with Crippen LogP contribution in [-0.4, -0.2) is 52.4 Å². The number of piperidine rings is 1. The molecule has 1 aromatic heterocycles. The van der Waals surface area contributed by atoms with E-state index in [1.54, 1.807) is 12.1 Å². The maximum absolute atomic E-state index is 12.4. The minimum atomic E-state index is -0.604. The molecule has 144 valence electrons. The lowest BCUT2D eigenvalue weighted by Gasteiger charge is -2.50. The first-order valence-electron chi connectivity index (χ1n) is 9.90. The van der Waals surface area contributed by atoms with Gasteiger partial charge in [-0.15, -0.1) is 0 Å². The number of aromatic amines is 1. The van der Waals surface area contributed by atoms with Gasteiger partial charge in [-0.1, -0.05) is 0 Å². The first-order valence-corrected chi connectivity index (χ1v) is 9.90. The molecule has 2 fully saturated rings. The third-order valence-corrected chi connectivity index (χ3v) is 7.10. The zero-order chi connectivity index (χ0) is 18.7. The average molecular weight is 370 g/mol. The number of aromatic nitrogens is 1. The number of aromatic hydroxyl groups is 1. The van der Waals surface area contributed by atoms with E-state index in [2.05, 4.69) is 9.88 Å². The SMILES string of the molecule is COC(=O)C1C(O)CC[C@H]2CN3CCc4c([nH]c5cc(O)ccc45)[C@H]3C[C@@H]12.